The van der Waals surface area contributed by atoms with Gasteiger partial charge in [-0.1, -0.05) is 11.6 Å². The number of aliphatic hydroxyl groups excluding tert-OH is 1. The lowest BCUT2D eigenvalue weighted by Gasteiger charge is -2.29. The first-order valence-electron chi connectivity index (χ1n) is 10.4. The molecule has 7 heteroatoms. The van der Waals surface area contributed by atoms with E-state index in [1.165, 1.54) is 0 Å². The fourth-order valence-electron chi connectivity index (χ4n) is 4.30. The molecule has 1 fully saturated rings. The van der Waals surface area contributed by atoms with E-state index in [-0.39, 0.29) is 17.7 Å². The molecule has 3 heterocycles. The maximum Gasteiger partial charge on any atom is 0.262 e. The standard InChI is InChI=1S/C24H21ClN4O2/c25-17-5-3-15(4-6-17)23-28-22-20(11-13-27-21(22)16-2-1-12-26-14-16)24(31)29(23)18-7-9-19(30)10-8-18/h1-6,11-14,18-19,30H,7-10H2. The van der Waals surface area contributed by atoms with Crippen LogP contribution in [-0.4, -0.2) is 30.7 Å². The summed E-state index contributed by atoms with van der Waals surface area (Å²) in [5.74, 6) is 0.591. The van der Waals surface area contributed by atoms with E-state index in [9.17, 15) is 9.90 Å². The zero-order chi connectivity index (χ0) is 21.4. The summed E-state index contributed by atoms with van der Waals surface area (Å²) in [6.07, 6.45) is 7.57. The Morgan fingerprint density at radius 1 is 0.968 bits per heavy atom. The topological polar surface area (TPSA) is 80.9 Å². The molecule has 1 aromatic carbocycles. The van der Waals surface area contributed by atoms with Gasteiger partial charge in [-0.05, 0) is 68.1 Å². The summed E-state index contributed by atoms with van der Waals surface area (Å²) in [6, 6.07) is 12.8. The molecule has 0 amide bonds. The van der Waals surface area contributed by atoms with Crippen molar-refractivity contribution in [2.45, 2.75) is 37.8 Å². The summed E-state index contributed by atoms with van der Waals surface area (Å²) in [7, 11) is 0. The minimum absolute atomic E-state index is 0.0199. The molecule has 0 saturated heterocycles. The van der Waals surface area contributed by atoms with Crippen molar-refractivity contribution < 1.29 is 5.11 Å². The first-order chi connectivity index (χ1) is 15.1. The Labute approximate surface area is 184 Å². The Morgan fingerprint density at radius 3 is 2.45 bits per heavy atom. The van der Waals surface area contributed by atoms with Crippen LogP contribution in [0.2, 0.25) is 5.02 Å². The van der Waals surface area contributed by atoms with Gasteiger partial charge in [-0.3, -0.25) is 19.3 Å². The minimum Gasteiger partial charge on any atom is -0.393 e. The van der Waals surface area contributed by atoms with Crippen molar-refractivity contribution in [3.05, 3.63) is 76.4 Å². The molecule has 31 heavy (non-hydrogen) atoms. The number of benzene rings is 1. The molecule has 6 nitrogen and oxygen atoms in total. The molecule has 0 bridgehead atoms. The Balaban J connectivity index is 1.79. The normalized spacial score (nSPS) is 18.9. The summed E-state index contributed by atoms with van der Waals surface area (Å²) in [4.78, 5) is 27.4. The Kier molecular flexibility index (Phi) is 5.26. The van der Waals surface area contributed by atoms with Gasteiger partial charge < -0.3 is 5.11 Å². The van der Waals surface area contributed by atoms with E-state index in [2.05, 4.69) is 9.97 Å². The lowest BCUT2D eigenvalue weighted by molar-refractivity contribution is 0.110. The Morgan fingerprint density at radius 2 is 1.74 bits per heavy atom. The van der Waals surface area contributed by atoms with Crippen LogP contribution in [0.4, 0.5) is 0 Å². The largest absolute Gasteiger partial charge is 0.393 e. The summed E-state index contributed by atoms with van der Waals surface area (Å²) in [6.45, 7) is 0. The second kappa shape index (κ2) is 8.21. The third-order valence-corrected chi connectivity index (χ3v) is 6.14. The average Bonchev–Trinajstić information content (AvgIpc) is 2.81. The highest BCUT2D eigenvalue weighted by Crippen LogP contribution is 2.33. The zero-order valence-corrected chi connectivity index (χ0v) is 17.5. The van der Waals surface area contributed by atoms with Crippen LogP contribution in [0.25, 0.3) is 33.5 Å². The van der Waals surface area contributed by atoms with Crippen LogP contribution in [0.1, 0.15) is 31.7 Å². The van der Waals surface area contributed by atoms with Crippen molar-refractivity contribution in [3.8, 4) is 22.6 Å². The fraction of sp³-hybridized carbons (Fsp3) is 0.250. The molecular weight excluding hydrogens is 412 g/mol. The van der Waals surface area contributed by atoms with Gasteiger partial charge in [-0.15, -0.1) is 0 Å². The molecule has 0 radical (unpaired) electrons. The van der Waals surface area contributed by atoms with E-state index in [0.29, 0.717) is 40.3 Å². The van der Waals surface area contributed by atoms with Crippen LogP contribution in [0, 0.1) is 0 Å². The van der Waals surface area contributed by atoms with Crippen LogP contribution in [0.5, 0.6) is 0 Å². The molecule has 1 aliphatic rings. The van der Waals surface area contributed by atoms with Crippen molar-refractivity contribution in [1.29, 1.82) is 0 Å². The molecule has 156 valence electrons. The van der Waals surface area contributed by atoms with Crippen molar-refractivity contribution in [2.75, 3.05) is 0 Å². The molecular formula is C24H21ClN4O2. The maximum atomic E-state index is 13.7. The van der Waals surface area contributed by atoms with Gasteiger partial charge >= 0.3 is 0 Å². The Hall–Kier alpha value is -3.09. The van der Waals surface area contributed by atoms with E-state index < -0.39 is 0 Å². The predicted octanol–water partition coefficient (Wildman–Crippen LogP) is 4.65. The highest BCUT2D eigenvalue weighted by molar-refractivity contribution is 6.30. The maximum absolute atomic E-state index is 13.7. The lowest BCUT2D eigenvalue weighted by Crippen LogP contribution is -2.31. The van der Waals surface area contributed by atoms with Crippen LogP contribution in [-0.2, 0) is 0 Å². The first kappa shape index (κ1) is 19.8. The van der Waals surface area contributed by atoms with Gasteiger partial charge in [0.15, 0.2) is 0 Å². The number of aromatic nitrogens is 4. The minimum atomic E-state index is -0.305. The monoisotopic (exact) mass is 432 g/mol. The van der Waals surface area contributed by atoms with Gasteiger partial charge in [0.2, 0.25) is 0 Å². The van der Waals surface area contributed by atoms with E-state index in [4.69, 9.17) is 16.6 Å². The number of rotatable bonds is 3. The first-order valence-corrected chi connectivity index (χ1v) is 10.8. The van der Waals surface area contributed by atoms with Gasteiger partial charge in [0.25, 0.3) is 5.56 Å². The molecule has 4 aromatic rings. The summed E-state index contributed by atoms with van der Waals surface area (Å²) < 4.78 is 1.80. The molecule has 3 aromatic heterocycles. The third-order valence-electron chi connectivity index (χ3n) is 5.89. The van der Waals surface area contributed by atoms with Gasteiger partial charge in [-0.25, -0.2) is 4.98 Å². The van der Waals surface area contributed by atoms with Crippen molar-refractivity contribution in [3.63, 3.8) is 0 Å². The number of aliphatic hydroxyl groups is 1. The van der Waals surface area contributed by atoms with E-state index >= 15 is 0 Å². The lowest BCUT2D eigenvalue weighted by atomic mass is 9.92. The summed E-state index contributed by atoms with van der Waals surface area (Å²) in [5.41, 5.74) is 2.71. The number of pyridine rings is 2. The SMILES string of the molecule is O=c1c2ccnc(-c3cccnc3)c2nc(-c2ccc(Cl)cc2)n1C1CCC(O)CC1. The van der Waals surface area contributed by atoms with Crippen molar-refractivity contribution in [2.24, 2.45) is 0 Å². The van der Waals surface area contributed by atoms with Crippen molar-refractivity contribution in [1.82, 2.24) is 19.5 Å². The quantitative estimate of drug-likeness (QED) is 0.509. The van der Waals surface area contributed by atoms with Crippen LogP contribution < -0.4 is 5.56 Å². The van der Waals surface area contributed by atoms with Gasteiger partial charge in [-0.2, -0.15) is 0 Å². The molecule has 0 atom stereocenters. The zero-order valence-electron chi connectivity index (χ0n) is 16.8. The molecule has 1 N–H and O–H groups in total. The second-order valence-electron chi connectivity index (χ2n) is 7.88. The number of halogens is 1. The van der Waals surface area contributed by atoms with E-state index in [0.717, 1.165) is 24.0 Å². The molecule has 1 aliphatic carbocycles. The average molecular weight is 433 g/mol. The third kappa shape index (κ3) is 3.73. The van der Waals surface area contributed by atoms with Gasteiger partial charge in [0.05, 0.1) is 17.2 Å². The number of hydrogen-bond donors (Lipinski definition) is 1. The summed E-state index contributed by atoms with van der Waals surface area (Å²) >= 11 is 6.10. The highest BCUT2D eigenvalue weighted by atomic mass is 35.5. The number of hydrogen-bond acceptors (Lipinski definition) is 5. The molecule has 5 rings (SSSR count). The Bertz CT molecular complexity index is 1280. The number of nitrogens with zero attached hydrogens (tertiary/aromatic N) is 4. The molecule has 0 unspecified atom stereocenters. The van der Waals surface area contributed by atoms with E-state index in [1.807, 2.05) is 24.3 Å². The van der Waals surface area contributed by atoms with Crippen LogP contribution in [0.3, 0.4) is 0 Å². The van der Waals surface area contributed by atoms with Crippen LogP contribution in [0.15, 0.2) is 65.8 Å². The molecule has 0 spiro atoms. The smallest absolute Gasteiger partial charge is 0.262 e. The van der Waals surface area contributed by atoms with Crippen molar-refractivity contribution >= 4 is 22.5 Å². The van der Waals surface area contributed by atoms with E-state index in [1.54, 1.807) is 41.4 Å². The highest BCUT2D eigenvalue weighted by Gasteiger charge is 2.26. The van der Waals surface area contributed by atoms with Crippen LogP contribution >= 0.6 is 11.6 Å². The second-order valence-corrected chi connectivity index (χ2v) is 8.31. The molecule has 1 saturated carbocycles. The number of fused-ring (bicyclic) bond motifs is 1. The van der Waals surface area contributed by atoms with Gasteiger partial charge in [0, 0.05) is 40.8 Å². The fourth-order valence-corrected chi connectivity index (χ4v) is 4.42. The van der Waals surface area contributed by atoms with Gasteiger partial charge in [0.1, 0.15) is 11.3 Å². The summed E-state index contributed by atoms with van der Waals surface area (Å²) in [5, 5.41) is 11.1. The molecule has 0 aliphatic heterocycles. The predicted molar refractivity (Wildman–Crippen MR) is 121 cm³/mol.